The lowest BCUT2D eigenvalue weighted by molar-refractivity contribution is -0.140. The minimum atomic E-state index is -4.41. The Kier molecular flexibility index (Phi) is 6.44. The number of amides is 2. The Balaban J connectivity index is 1.51. The van der Waals surface area contributed by atoms with Crippen LogP contribution in [0.15, 0.2) is 54.7 Å². The van der Waals surface area contributed by atoms with Gasteiger partial charge in [-0.25, -0.2) is 0 Å². The molecule has 1 N–H and O–H groups in total. The second kappa shape index (κ2) is 9.29. The third kappa shape index (κ3) is 5.56. The first kappa shape index (κ1) is 22.9. The van der Waals surface area contributed by atoms with E-state index in [4.69, 9.17) is 0 Å². The van der Waals surface area contributed by atoms with Gasteiger partial charge in [-0.1, -0.05) is 30.3 Å². The molecule has 0 unspecified atom stereocenters. The van der Waals surface area contributed by atoms with Gasteiger partial charge in [-0.05, 0) is 48.6 Å². The second-order valence-electron chi connectivity index (χ2n) is 8.50. The van der Waals surface area contributed by atoms with Crippen LogP contribution in [0.5, 0.6) is 0 Å². The lowest BCUT2D eigenvalue weighted by Crippen LogP contribution is -2.43. The average molecular weight is 457 g/mol. The molecule has 1 fully saturated rings. The van der Waals surface area contributed by atoms with E-state index in [2.05, 4.69) is 4.98 Å². The van der Waals surface area contributed by atoms with E-state index in [-0.39, 0.29) is 30.9 Å². The van der Waals surface area contributed by atoms with Crippen LogP contribution in [-0.4, -0.2) is 45.7 Å². The summed E-state index contributed by atoms with van der Waals surface area (Å²) < 4.78 is 38.7. The summed E-state index contributed by atoms with van der Waals surface area (Å²) in [6.07, 6.45) is -0.130. The molecular formula is C25H26F3N3O2. The number of carbonyl (C=O) groups is 2. The maximum Gasteiger partial charge on any atom is 0.416 e. The van der Waals surface area contributed by atoms with E-state index < -0.39 is 11.7 Å². The zero-order valence-corrected chi connectivity index (χ0v) is 18.4. The lowest BCUT2D eigenvalue weighted by atomic mass is 10.1. The Morgan fingerprint density at radius 3 is 2.39 bits per heavy atom. The Morgan fingerprint density at radius 2 is 1.76 bits per heavy atom. The van der Waals surface area contributed by atoms with E-state index in [1.54, 1.807) is 9.80 Å². The van der Waals surface area contributed by atoms with Crippen molar-refractivity contribution >= 4 is 22.7 Å². The zero-order chi connectivity index (χ0) is 23.6. The molecule has 1 saturated carbocycles. The van der Waals surface area contributed by atoms with Gasteiger partial charge in [0.15, 0.2) is 0 Å². The standard InChI is InChI=1S/C25H26F3N3O2/c1-17(32)31(21-10-11-21)16-24(33)30(15-18-6-8-20(9-7-18)25(26,27)28)13-12-19-14-29-23-5-3-2-4-22(19)23/h2-9,14,21,29H,10-13,15-16H2,1H3. The number of nitrogens with zero attached hydrogens (tertiary/aromatic N) is 2. The highest BCUT2D eigenvalue weighted by atomic mass is 19.4. The molecule has 2 amide bonds. The molecule has 5 nitrogen and oxygen atoms in total. The Bertz CT molecular complexity index is 1130. The van der Waals surface area contributed by atoms with Crippen molar-refractivity contribution in [2.24, 2.45) is 0 Å². The van der Waals surface area contributed by atoms with Crippen molar-refractivity contribution in [3.63, 3.8) is 0 Å². The van der Waals surface area contributed by atoms with E-state index in [0.717, 1.165) is 41.4 Å². The fraction of sp³-hybridized carbons (Fsp3) is 0.360. The lowest BCUT2D eigenvalue weighted by Gasteiger charge is -2.27. The van der Waals surface area contributed by atoms with Crippen LogP contribution >= 0.6 is 0 Å². The molecule has 174 valence electrons. The molecule has 8 heteroatoms. The average Bonchev–Trinajstić information content (AvgIpc) is 3.54. The number of alkyl halides is 3. The molecule has 2 aromatic carbocycles. The summed E-state index contributed by atoms with van der Waals surface area (Å²) in [4.78, 5) is 31.6. The largest absolute Gasteiger partial charge is 0.416 e. The number of aromatic nitrogens is 1. The molecule has 0 saturated heterocycles. The first-order valence-corrected chi connectivity index (χ1v) is 11.0. The van der Waals surface area contributed by atoms with E-state index in [9.17, 15) is 22.8 Å². The van der Waals surface area contributed by atoms with E-state index in [0.29, 0.717) is 18.5 Å². The van der Waals surface area contributed by atoms with E-state index in [1.807, 2.05) is 30.5 Å². The van der Waals surface area contributed by atoms with Gasteiger partial charge in [0.1, 0.15) is 6.54 Å². The summed E-state index contributed by atoms with van der Waals surface area (Å²) >= 11 is 0. The molecular weight excluding hydrogens is 431 g/mol. The molecule has 4 rings (SSSR count). The van der Waals surface area contributed by atoms with Crippen LogP contribution < -0.4 is 0 Å². The Hall–Kier alpha value is -3.29. The highest BCUT2D eigenvalue weighted by molar-refractivity contribution is 5.85. The van der Waals surface area contributed by atoms with Crippen LogP contribution in [0.3, 0.4) is 0 Å². The summed E-state index contributed by atoms with van der Waals surface area (Å²) in [5, 5.41) is 1.07. The topological polar surface area (TPSA) is 56.4 Å². The SMILES string of the molecule is CC(=O)N(CC(=O)N(CCc1c[nH]c2ccccc12)Cc1ccc(C(F)(F)F)cc1)C1CC1. The van der Waals surface area contributed by atoms with Gasteiger partial charge in [0.25, 0.3) is 0 Å². The number of fused-ring (bicyclic) bond motifs is 1. The Morgan fingerprint density at radius 1 is 1.06 bits per heavy atom. The summed E-state index contributed by atoms with van der Waals surface area (Å²) in [5.74, 6) is -0.353. The number of nitrogens with one attached hydrogen (secondary N) is 1. The summed E-state index contributed by atoms with van der Waals surface area (Å²) in [5.41, 5.74) is 1.95. The first-order valence-electron chi connectivity index (χ1n) is 11.0. The molecule has 0 bridgehead atoms. The molecule has 0 atom stereocenters. The summed E-state index contributed by atoms with van der Waals surface area (Å²) in [6, 6.07) is 12.8. The monoisotopic (exact) mass is 457 g/mol. The van der Waals surface area contributed by atoms with Gasteiger partial charge in [-0.2, -0.15) is 13.2 Å². The quantitative estimate of drug-likeness (QED) is 0.530. The van der Waals surface area contributed by atoms with Crippen molar-refractivity contribution in [3.8, 4) is 0 Å². The van der Waals surface area contributed by atoms with E-state index in [1.165, 1.54) is 19.1 Å². The second-order valence-corrected chi connectivity index (χ2v) is 8.50. The van der Waals surface area contributed by atoms with Gasteiger partial charge in [-0.3, -0.25) is 9.59 Å². The summed E-state index contributed by atoms with van der Waals surface area (Å²) in [6.45, 7) is 2.00. The third-order valence-electron chi connectivity index (χ3n) is 6.03. The third-order valence-corrected chi connectivity index (χ3v) is 6.03. The van der Waals surface area contributed by atoms with Crippen molar-refractivity contribution in [2.45, 2.75) is 44.9 Å². The Labute approximate surface area is 190 Å². The van der Waals surface area contributed by atoms with Gasteiger partial charge >= 0.3 is 6.18 Å². The van der Waals surface area contributed by atoms with Crippen molar-refractivity contribution in [2.75, 3.05) is 13.1 Å². The van der Waals surface area contributed by atoms with Crippen LogP contribution in [-0.2, 0) is 28.7 Å². The maximum absolute atomic E-state index is 13.2. The molecule has 0 radical (unpaired) electrons. The molecule has 0 spiro atoms. The highest BCUT2D eigenvalue weighted by Crippen LogP contribution is 2.30. The normalized spacial score (nSPS) is 13.8. The number of halogens is 3. The molecule has 33 heavy (non-hydrogen) atoms. The van der Waals surface area contributed by atoms with Crippen molar-refractivity contribution < 1.29 is 22.8 Å². The zero-order valence-electron chi connectivity index (χ0n) is 18.4. The van der Waals surface area contributed by atoms with Crippen LogP contribution in [0, 0.1) is 0 Å². The smallest absolute Gasteiger partial charge is 0.361 e. The summed E-state index contributed by atoms with van der Waals surface area (Å²) in [7, 11) is 0. The molecule has 3 aromatic rings. The molecule has 0 aliphatic heterocycles. The van der Waals surface area contributed by atoms with Gasteiger partial charge in [-0.15, -0.1) is 0 Å². The fourth-order valence-corrected chi connectivity index (χ4v) is 4.03. The van der Waals surface area contributed by atoms with Gasteiger partial charge < -0.3 is 14.8 Å². The van der Waals surface area contributed by atoms with Crippen LogP contribution in [0.4, 0.5) is 13.2 Å². The number of benzene rings is 2. The molecule has 1 aromatic heterocycles. The van der Waals surface area contributed by atoms with Crippen molar-refractivity contribution in [1.29, 1.82) is 0 Å². The highest BCUT2D eigenvalue weighted by Gasteiger charge is 2.33. The van der Waals surface area contributed by atoms with Crippen LogP contribution in [0.2, 0.25) is 0 Å². The minimum Gasteiger partial charge on any atom is -0.361 e. The molecule has 1 heterocycles. The van der Waals surface area contributed by atoms with Gasteiger partial charge in [0, 0.05) is 43.2 Å². The van der Waals surface area contributed by atoms with Crippen LogP contribution in [0.1, 0.15) is 36.5 Å². The fourth-order valence-electron chi connectivity index (χ4n) is 4.03. The van der Waals surface area contributed by atoms with Crippen LogP contribution in [0.25, 0.3) is 10.9 Å². The number of aromatic amines is 1. The number of hydrogen-bond acceptors (Lipinski definition) is 2. The number of carbonyl (C=O) groups excluding carboxylic acids is 2. The number of para-hydroxylation sites is 1. The predicted molar refractivity (Wildman–Crippen MR) is 119 cm³/mol. The number of rotatable bonds is 8. The van der Waals surface area contributed by atoms with Gasteiger partial charge in [0.2, 0.25) is 11.8 Å². The van der Waals surface area contributed by atoms with Crippen molar-refractivity contribution in [1.82, 2.24) is 14.8 Å². The van der Waals surface area contributed by atoms with Gasteiger partial charge in [0.05, 0.1) is 5.56 Å². The minimum absolute atomic E-state index is 0.0193. The predicted octanol–water partition coefficient (Wildman–Crippen LogP) is 4.77. The maximum atomic E-state index is 13.2. The van der Waals surface area contributed by atoms with Crippen molar-refractivity contribution in [3.05, 3.63) is 71.4 Å². The number of hydrogen-bond donors (Lipinski definition) is 1. The number of H-pyrrole nitrogens is 1. The molecule has 1 aliphatic rings. The molecule has 1 aliphatic carbocycles. The first-order chi connectivity index (χ1) is 15.7. The van der Waals surface area contributed by atoms with E-state index >= 15 is 0 Å².